The molecule has 2 aromatic carbocycles. The van der Waals surface area contributed by atoms with Gasteiger partial charge in [-0.2, -0.15) is 0 Å². The first kappa shape index (κ1) is 26.0. The van der Waals surface area contributed by atoms with Crippen molar-refractivity contribution in [1.29, 1.82) is 0 Å². The van der Waals surface area contributed by atoms with Crippen molar-refractivity contribution in [2.45, 2.75) is 64.6 Å². The Kier molecular flexibility index (Phi) is 9.64. The number of para-hydroxylation sites is 1. The number of nitrogens with zero attached hydrogens (tertiary/aromatic N) is 1. The number of aliphatic hydroxyl groups is 2. The van der Waals surface area contributed by atoms with Crippen LogP contribution in [0.5, 0.6) is 0 Å². The fourth-order valence-electron chi connectivity index (χ4n) is 5.56. The first-order chi connectivity index (χ1) is 15.5. The molecule has 33 heavy (non-hydrogen) atoms. The monoisotopic (exact) mass is 623 g/mol. The largest absolute Gasteiger partial charge is 0.392 e. The molecule has 0 spiro atoms. The molecule has 2 aliphatic rings. The number of pyridine rings is 1. The minimum absolute atomic E-state index is 0. The van der Waals surface area contributed by atoms with Gasteiger partial charge in [-0.15, -0.1) is 35.9 Å². The van der Waals surface area contributed by atoms with Gasteiger partial charge in [-0.25, -0.2) is 0 Å². The quantitative estimate of drug-likeness (QED) is 0.314. The molecule has 2 unspecified atom stereocenters. The van der Waals surface area contributed by atoms with E-state index < -0.39 is 0 Å². The van der Waals surface area contributed by atoms with Gasteiger partial charge in [0.05, 0.1) is 17.7 Å². The normalized spacial score (nSPS) is 29.5. The Morgan fingerprint density at radius 2 is 1.42 bits per heavy atom. The second-order valence-electron chi connectivity index (χ2n) is 9.80. The number of rotatable bonds is 1. The van der Waals surface area contributed by atoms with Crippen LogP contribution < -0.4 is 0 Å². The van der Waals surface area contributed by atoms with E-state index in [1.54, 1.807) is 0 Å². The SMILES string of the molecule is C[C@H]1CCCC2CCC[C@H](C)C(O)C2C1O.[Ir].[c-]1ccccc1-c1ccc2ccccc2n1. The van der Waals surface area contributed by atoms with E-state index in [0.717, 1.165) is 29.6 Å². The smallest absolute Gasteiger partial charge is 0.0621 e. The number of hydrogen-bond acceptors (Lipinski definition) is 3. The van der Waals surface area contributed by atoms with Crippen LogP contribution in [0.25, 0.3) is 22.2 Å². The van der Waals surface area contributed by atoms with E-state index in [9.17, 15) is 10.2 Å². The number of aromatic nitrogens is 1. The maximum Gasteiger partial charge on any atom is 0.0621 e. The minimum atomic E-state index is -0.289. The van der Waals surface area contributed by atoms with Gasteiger partial charge < -0.3 is 10.2 Å². The molecule has 5 rings (SSSR count). The molecule has 2 aliphatic carbocycles. The molecule has 4 atom stereocenters. The zero-order chi connectivity index (χ0) is 22.5. The van der Waals surface area contributed by atoms with Gasteiger partial charge in [0.1, 0.15) is 0 Å². The second kappa shape index (κ2) is 12.2. The molecule has 2 fully saturated rings. The molecule has 1 heterocycles. The van der Waals surface area contributed by atoms with Crippen LogP contribution >= 0.6 is 0 Å². The van der Waals surface area contributed by atoms with Crippen molar-refractivity contribution >= 4 is 10.9 Å². The summed E-state index contributed by atoms with van der Waals surface area (Å²) >= 11 is 0. The average Bonchev–Trinajstić information content (AvgIpc) is 3.06. The molecule has 1 radical (unpaired) electrons. The number of aliphatic hydroxyl groups excluding tert-OH is 2. The average molecular weight is 623 g/mol. The summed E-state index contributed by atoms with van der Waals surface area (Å²) in [5.41, 5.74) is 3.03. The third-order valence-corrected chi connectivity index (χ3v) is 7.55. The Morgan fingerprint density at radius 3 is 2.06 bits per heavy atom. The van der Waals surface area contributed by atoms with Gasteiger partial charge in [-0.05, 0) is 60.6 Å². The number of benzene rings is 2. The van der Waals surface area contributed by atoms with E-state index in [2.05, 4.69) is 37.0 Å². The van der Waals surface area contributed by atoms with Crippen molar-refractivity contribution in [3.05, 3.63) is 66.7 Å². The Hall–Kier alpha value is -1.58. The van der Waals surface area contributed by atoms with Crippen molar-refractivity contribution in [1.82, 2.24) is 4.98 Å². The zero-order valence-corrected chi connectivity index (χ0v) is 22.1. The summed E-state index contributed by atoms with van der Waals surface area (Å²) in [7, 11) is 0. The third-order valence-electron chi connectivity index (χ3n) is 7.55. The fraction of sp³-hybridized carbons (Fsp3) is 0.483. The maximum absolute atomic E-state index is 10.4. The molecule has 179 valence electrons. The first-order valence-electron chi connectivity index (χ1n) is 12.2. The van der Waals surface area contributed by atoms with Gasteiger partial charge in [-0.3, -0.25) is 4.98 Å². The van der Waals surface area contributed by atoms with Crippen molar-refractivity contribution in [2.24, 2.45) is 23.7 Å². The predicted octanol–water partition coefficient (Wildman–Crippen LogP) is 6.28. The van der Waals surface area contributed by atoms with Gasteiger partial charge in [0, 0.05) is 26.0 Å². The second-order valence-corrected chi connectivity index (χ2v) is 9.80. The Balaban J connectivity index is 0.000000180. The molecule has 1 aromatic heterocycles. The molecule has 0 saturated heterocycles. The van der Waals surface area contributed by atoms with Crippen LogP contribution in [-0.4, -0.2) is 27.4 Å². The molecule has 3 nitrogen and oxygen atoms in total. The molecule has 0 amide bonds. The third kappa shape index (κ3) is 6.31. The van der Waals surface area contributed by atoms with Crippen molar-refractivity contribution < 1.29 is 30.3 Å². The van der Waals surface area contributed by atoms with Crippen LogP contribution in [0.1, 0.15) is 52.4 Å². The Morgan fingerprint density at radius 1 is 0.788 bits per heavy atom. The summed E-state index contributed by atoms with van der Waals surface area (Å²) in [6.45, 7) is 4.27. The molecular formula is C29H36IrNO2-. The molecule has 4 heteroatoms. The summed E-state index contributed by atoms with van der Waals surface area (Å²) in [6.07, 6.45) is 6.52. The van der Waals surface area contributed by atoms with E-state index in [-0.39, 0.29) is 38.2 Å². The van der Waals surface area contributed by atoms with E-state index in [1.807, 2.05) is 48.5 Å². The molecule has 2 N–H and O–H groups in total. The van der Waals surface area contributed by atoms with Crippen LogP contribution in [0, 0.1) is 29.7 Å². The van der Waals surface area contributed by atoms with Crippen LogP contribution in [-0.2, 0) is 20.1 Å². The van der Waals surface area contributed by atoms with Gasteiger partial charge in [-0.1, -0.05) is 57.0 Å². The first-order valence-corrected chi connectivity index (χ1v) is 12.2. The Labute approximate surface area is 212 Å². The van der Waals surface area contributed by atoms with Crippen molar-refractivity contribution in [2.75, 3.05) is 0 Å². The number of hydrogen-bond donors (Lipinski definition) is 2. The summed E-state index contributed by atoms with van der Waals surface area (Å²) in [5, 5.41) is 22.0. The van der Waals surface area contributed by atoms with E-state index in [0.29, 0.717) is 17.8 Å². The topological polar surface area (TPSA) is 53.4 Å². The molecule has 0 bridgehead atoms. The van der Waals surface area contributed by atoms with Crippen molar-refractivity contribution in [3.63, 3.8) is 0 Å². The standard InChI is InChI=1S/C15H10N.C14H26O2.Ir/c1-2-6-12(7-3-1)15-11-10-13-8-4-5-9-14(13)16-15;1-9-5-3-7-11-8-4-6-10(2)14(16)12(11)13(9)15;/h1-6,8-11H;9-16H,3-8H2,1-2H3;/q-1;;/t;9-,10-,11?,12?,13?,14?;/m.0./s1. The van der Waals surface area contributed by atoms with Crippen LogP contribution in [0.3, 0.4) is 0 Å². The summed E-state index contributed by atoms with van der Waals surface area (Å²) in [4.78, 5) is 4.61. The summed E-state index contributed by atoms with van der Waals surface area (Å²) < 4.78 is 0. The van der Waals surface area contributed by atoms with Crippen LogP contribution in [0.2, 0.25) is 0 Å². The van der Waals surface area contributed by atoms with Gasteiger partial charge >= 0.3 is 0 Å². The maximum atomic E-state index is 10.4. The Bertz CT molecular complexity index is 973. The van der Waals surface area contributed by atoms with Gasteiger partial charge in [0.25, 0.3) is 0 Å². The molecular weight excluding hydrogens is 587 g/mol. The summed E-state index contributed by atoms with van der Waals surface area (Å²) in [6, 6.07) is 23.4. The van der Waals surface area contributed by atoms with E-state index in [4.69, 9.17) is 0 Å². The minimum Gasteiger partial charge on any atom is -0.392 e. The van der Waals surface area contributed by atoms with Crippen LogP contribution in [0.4, 0.5) is 0 Å². The van der Waals surface area contributed by atoms with E-state index in [1.165, 1.54) is 31.1 Å². The van der Waals surface area contributed by atoms with Crippen molar-refractivity contribution in [3.8, 4) is 11.3 Å². The van der Waals surface area contributed by atoms with E-state index >= 15 is 0 Å². The predicted molar refractivity (Wildman–Crippen MR) is 131 cm³/mol. The summed E-state index contributed by atoms with van der Waals surface area (Å²) in [5.74, 6) is 1.40. The zero-order valence-electron chi connectivity index (χ0n) is 19.7. The van der Waals surface area contributed by atoms with Gasteiger partial charge in [0.2, 0.25) is 0 Å². The van der Waals surface area contributed by atoms with Gasteiger partial charge in [0.15, 0.2) is 0 Å². The molecule has 0 aliphatic heterocycles. The molecule has 3 aromatic rings. The van der Waals surface area contributed by atoms with Crippen LogP contribution in [0.15, 0.2) is 60.7 Å². The fourth-order valence-corrected chi connectivity index (χ4v) is 5.56. The number of fused-ring (bicyclic) bond motifs is 2. The molecule has 2 saturated carbocycles.